The van der Waals surface area contributed by atoms with E-state index in [4.69, 9.17) is 5.26 Å². The van der Waals surface area contributed by atoms with E-state index in [9.17, 15) is 13.2 Å². The molecule has 0 aromatic carbocycles. The van der Waals surface area contributed by atoms with Crippen LogP contribution in [0.25, 0.3) is 0 Å². The average Bonchev–Trinajstić information content (AvgIpc) is 2.20. The van der Waals surface area contributed by atoms with Crippen molar-refractivity contribution in [3.05, 3.63) is 28.8 Å². The lowest BCUT2D eigenvalue weighted by atomic mass is 10.1. The van der Waals surface area contributed by atoms with Gasteiger partial charge in [-0.3, -0.25) is 4.98 Å². The SMILES string of the molecule is N#CCc1c(C(F)F)cnc(CBr)c1F. The van der Waals surface area contributed by atoms with Gasteiger partial charge in [-0.1, -0.05) is 15.9 Å². The van der Waals surface area contributed by atoms with Crippen molar-refractivity contribution in [3.63, 3.8) is 0 Å². The first-order valence-corrected chi connectivity index (χ1v) is 5.11. The molecule has 80 valence electrons. The molecule has 0 aliphatic carbocycles. The van der Waals surface area contributed by atoms with E-state index in [1.54, 1.807) is 6.07 Å². The second-order valence-electron chi connectivity index (χ2n) is 2.72. The van der Waals surface area contributed by atoms with E-state index in [1.807, 2.05) is 0 Å². The van der Waals surface area contributed by atoms with Crippen LogP contribution in [0.15, 0.2) is 6.20 Å². The van der Waals surface area contributed by atoms with Crippen LogP contribution in [-0.2, 0) is 11.8 Å². The van der Waals surface area contributed by atoms with Crippen molar-refractivity contribution in [3.8, 4) is 6.07 Å². The fourth-order valence-corrected chi connectivity index (χ4v) is 1.51. The Morgan fingerprint density at radius 2 is 2.20 bits per heavy atom. The largest absolute Gasteiger partial charge is 0.265 e. The van der Waals surface area contributed by atoms with Gasteiger partial charge in [0.25, 0.3) is 6.43 Å². The van der Waals surface area contributed by atoms with Crippen LogP contribution >= 0.6 is 15.9 Å². The van der Waals surface area contributed by atoms with Crippen LogP contribution in [0, 0.1) is 17.1 Å². The Labute approximate surface area is 92.9 Å². The van der Waals surface area contributed by atoms with Crippen LogP contribution < -0.4 is 0 Å². The first kappa shape index (κ1) is 12.0. The van der Waals surface area contributed by atoms with Crippen molar-refractivity contribution in [1.82, 2.24) is 4.98 Å². The minimum atomic E-state index is -2.82. The van der Waals surface area contributed by atoms with Crippen molar-refractivity contribution in [2.24, 2.45) is 0 Å². The molecule has 0 saturated heterocycles. The number of hydrogen-bond donors (Lipinski definition) is 0. The minimum Gasteiger partial charge on any atom is -0.257 e. The Morgan fingerprint density at radius 1 is 1.53 bits per heavy atom. The number of aromatic nitrogens is 1. The highest BCUT2D eigenvalue weighted by molar-refractivity contribution is 9.08. The third-order valence-corrected chi connectivity index (χ3v) is 2.37. The highest BCUT2D eigenvalue weighted by Crippen LogP contribution is 2.26. The predicted molar refractivity (Wildman–Crippen MR) is 51.1 cm³/mol. The van der Waals surface area contributed by atoms with Crippen LogP contribution in [0.3, 0.4) is 0 Å². The molecule has 0 amide bonds. The molecule has 0 N–H and O–H groups in total. The zero-order valence-corrected chi connectivity index (χ0v) is 9.06. The molecule has 0 atom stereocenters. The number of halogens is 4. The maximum atomic E-state index is 13.5. The number of alkyl halides is 3. The Hall–Kier alpha value is -1.09. The van der Waals surface area contributed by atoms with Gasteiger partial charge in [0.1, 0.15) is 5.82 Å². The quantitative estimate of drug-likeness (QED) is 0.797. The molecule has 0 aliphatic heterocycles. The third-order valence-electron chi connectivity index (χ3n) is 1.84. The molecule has 0 bridgehead atoms. The second kappa shape index (κ2) is 5.12. The monoisotopic (exact) mass is 278 g/mol. The Bertz CT molecular complexity index is 401. The molecule has 1 rings (SSSR count). The lowest BCUT2D eigenvalue weighted by molar-refractivity contribution is 0.149. The summed E-state index contributed by atoms with van der Waals surface area (Å²) in [4.78, 5) is 3.55. The van der Waals surface area contributed by atoms with Gasteiger partial charge in [-0.15, -0.1) is 0 Å². The van der Waals surface area contributed by atoms with Gasteiger partial charge in [0.2, 0.25) is 0 Å². The van der Waals surface area contributed by atoms with Crippen LogP contribution in [0.2, 0.25) is 0 Å². The van der Waals surface area contributed by atoms with E-state index in [-0.39, 0.29) is 23.0 Å². The lowest BCUT2D eigenvalue weighted by Gasteiger charge is -2.08. The summed E-state index contributed by atoms with van der Waals surface area (Å²) in [6, 6.07) is 1.65. The summed E-state index contributed by atoms with van der Waals surface area (Å²) in [6.07, 6.45) is -2.29. The lowest BCUT2D eigenvalue weighted by Crippen LogP contribution is -2.04. The Morgan fingerprint density at radius 3 is 2.67 bits per heavy atom. The summed E-state index contributed by atoms with van der Waals surface area (Å²) in [7, 11) is 0. The number of rotatable bonds is 3. The van der Waals surface area contributed by atoms with Crippen LogP contribution in [-0.4, -0.2) is 4.98 Å². The van der Waals surface area contributed by atoms with Gasteiger partial charge in [0.05, 0.1) is 18.2 Å². The van der Waals surface area contributed by atoms with Crippen molar-refractivity contribution in [2.75, 3.05) is 0 Å². The van der Waals surface area contributed by atoms with E-state index >= 15 is 0 Å². The zero-order chi connectivity index (χ0) is 11.4. The molecule has 6 heteroatoms. The summed E-state index contributed by atoms with van der Waals surface area (Å²) in [5.41, 5.74) is -0.750. The van der Waals surface area contributed by atoms with Gasteiger partial charge in [0, 0.05) is 22.7 Å². The molecule has 0 spiro atoms. The predicted octanol–water partition coefficient (Wildman–Crippen LogP) is 3.12. The minimum absolute atomic E-state index is 0.0321. The molecule has 2 nitrogen and oxygen atoms in total. The van der Waals surface area contributed by atoms with Crippen LogP contribution in [0.1, 0.15) is 23.2 Å². The van der Waals surface area contributed by atoms with Crippen molar-refractivity contribution in [1.29, 1.82) is 5.26 Å². The molecule has 1 aromatic heterocycles. The molecule has 0 unspecified atom stereocenters. The van der Waals surface area contributed by atoms with E-state index in [2.05, 4.69) is 20.9 Å². The third kappa shape index (κ3) is 2.48. The van der Waals surface area contributed by atoms with Gasteiger partial charge in [0.15, 0.2) is 0 Å². The number of hydrogen-bond acceptors (Lipinski definition) is 2. The standard InChI is InChI=1S/C9H6BrF3N2/c10-3-7-8(11)5(1-2-14)6(4-15-7)9(12)13/h4,9H,1,3H2. The Balaban J connectivity index is 3.32. The molecular formula is C9H6BrF3N2. The zero-order valence-electron chi connectivity index (χ0n) is 7.48. The maximum Gasteiger partial charge on any atom is 0.265 e. The van der Waals surface area contributed by atoms with Gasteiger partial charge in [-0.2, -0.15) is 5.26 Å². The van der Waals surface area contributed by atoms with Crippen molar-refractivity contribution >= 4 is 15.9 Å². The van der Waals surface area contributed by atoms with Gasteiger partial charge < -0.3 is 0 Å². The first-order valence-electron chi connectivity index (χ1n) is 3.99. The molecular weight excluding hydrogens is 273 g/mol. The summed E-state index contributed by atoms with van der Waals surface area (Å²) < 4.78 is 38.4. The smallest absolute Gasteiger partial charge is 0.257 e. The van der Waals surface area contributed by atoms with Crippen LogP contribution in [0.4, 0.5) is 13.2 Å². The first-order chi connectivity index (χ1) is 7.11. The second-order valence-corrected chi connectivity index (χ2v) is 3.28. The van der Waals surface area contributed by atoms with Crippen molar-refractivity contribution < 1.29 is 13.2 Å². The van der Waals surface area contributed by atoms with Gasteiger partial charge in [-0.25, -0.2) is 13.2 Å². The summed E-state index contributed by atoms with van der Waals surface area (Å²) >= 11 is 2.98. The van der Waals surface area contributed by atoms with E-state index in [0.29, 0.717) is 0 Å². The topological polar surface area (TPSA) is 36.7 Å². The number of pyridine rings is 1. The average molecular weight is 279 g/mol. The van der Waals surface area contributed by atoms with E-state index in [1.165, 1.54) is 0 Å². The summed E-state index contributed by atoms with van der Waals surface area (Å²) in [6.45, 7) is 0. The summed E-state index contributed by atoms with van der Waals surface area (Å²) in [5.74, 6) is -0.828. The highest BCUT2D eigenvalue weighted by atomic mass is 79.9. The molecule has 15 heavy (non-hydrogen) atoms. The number of nitriles is 1. The highest BCUT2D eigenvalue weighted by Gasteiger charge is 2.19. The summed E-state index contributed by atoms with van der Waals surface area (Å²) in [5, 5.41) is 8.55. The maximum absolute atomic E-state index is 13.5. The van der Waals surface area contributed by atoms with Gasteiger partial charge >= 0.3 is 0 Å². The Kier molecular flexibility index (Phi) is 4.09. The van der Waals surface area contributed by atoms with Crippen molar-refractivity contribution in [2.45, 2.75) is 18.2 Å². The number of nitrogens with zero attached hydrogens (tertiary/aromatic N) is 2. The molecule has 1 heterocycles. The normalized spacial score (nSPS) is 10.4. The molecule has 0 radical (unpaired) electrons. The molecule has 1 aromatic rings. The molecule has 0 fully saturated rings. The van der Waals surface area contributed by atoms with Crippen LogP contribution in [0.5, 0.6) is 0 Å². The molecule has 0 aliphatic rings. The fourth-order valence-electron chi connectivity index (χ4n) is 1.12. The van der Waals surface area contributed by atoms with E-state index < -0.39 is 17.8 Å². The van der Waals surface area contributed by atoms with Gasteiger partial charge in [-0.05, 0) is 0 Å². The molecule has 0 saturated carbocycles. The van der Waals surface area contributed by atoms with E-state index in [0.717, 1.165) is 6.20 Å². The fraction of sp³-hybridized carbons (Fsp3) is 0.333.